The first-order chi connectivity index (χ1) is 15.4. The first-order valence-corrected chi connectivity index (χ1v) is 10.7. The summed E-state index contributed by atoms with van der Waals surface area (Å²) in [5, 5.41) is 3.38. The molecule has 0 spiro atoms. The van der Waals surface area contributed by atoms with Gasteiger partial charge in [-0.1, -0.05) is 26.0 Å². The summed E-state index contributed by atoms with van der Waals surface area (Å²) in [4.78, 5) is 39.5. The molecule has 0 atom stereocenters. The fourth-order valence-corrected chi connectivity index (χ4v) is 3.91. The molecular formula is C25H26N2O5. The van der Waals surface area contributed by atoms with Crippen LogP contribution in [0.2, 0.25) is 0 Å². The normalized spacial score (nSPS) is 13.4. The van der Waals surface area contributed by atoms with Crippen LogP contribution in [0.5, 0.6) is 5.75 Å². The monoisotopic (exact) mass is 434 g/mol. The number of carbonyl (C=O) groups is 2. The van der Waals surface area contributed by atoms with Gasteiger partial charge in [0.2, 0.25) is 5.91 Å². The Hall–Kier alpha value is -3.61. The molecule has 0 bridgehead atoms. The molecule has 2 heterocycles. The number of rotatable bonds is 6. The van der Waals surface area contributed by atoms with Crippen LogP contribution in [0, 0.1) is 5.92 Å². The molecule has 0 unspecified atom stereocenters. The Morgan fingerprint density at radius 3 is 2.72 bits per heavy atom. The van der Waals surface area contributed by atoms with E-state index in [0.29, 0.717) is 47.7 Å². The van der Waals surface area contributed by atoms with E-state index >= 15 is 0 Å². The van der Waals surface area contributed by atoms with Crippen LogP contribution in [0.15, 0.2) is 51.7 Å². The number of hydrogen-bond acceptors (Lipinski definition) is 5. The van der Waals surface area contributed by atoms with Crippen molar-refractivity contribution in [3.8, 4) is 5.75 Å². The second kappa shape index (κ2) is 8.86. The highest BCUT2D eigenvalue weighted by molar-refractivity contribution is 6.06. The lowest BCUT2D eigenvalue weighted by molar-refractivity contribution is -0.118. The van der Waals surface area contributed by atoms with Gasteiger partial charge in [-0.15, -0.1) is 0 Å². The number of nitrogens with zero attached hydrogens (tertiary/aromatic N) is 1. The maximum Gasteiger partial charge on any atom is 0.349 e. The summed E-state index contributed by atoms with van der Waals surface area (Å²) in [6.45, 7) is 4.94. The van der Waals surface area contributed by atoms with E-state index in [4.69, 9.17) is 9.15 Å². The SMILES string of the molecule is COc1cccc2cc(C(=O)Nc3ccc4c(c3)CCC(=O)N4CCC(C)C)c(=O)oc12. The standard InChI is InChI=1S/C25H26N2O5/c1-15(2)11-12-27-20-9-8-18(13-16(20)7-10-22(27)28)26-24(29)19-14-17-5-4-6-21(31-3)23(17)32-25(19)30/h4-6,8-9,13-15H,7,10-12H2,1-3H3,(H,26,29). The lowest BCUT2D eigenvalue weighted by Crippen LogP contribution is -2.36. The Bertz CT molecular complexity index is 1240. The lowest BCUT2D eigenvalue weighted by Gasteiger charge is -2.30. The molecule has 2 amide bonds. The van der Waals surface area contributed by atoms with Gasteiger partial charge >= 0.3 is 5.63 Å². The fourth-order valence-electron chi connectivity index (χ4n) is 3.91. The maximum atomic E-state index is 12.8. The van der Waals surface area contributed by atoms with Crippen LogP contribution in [0.1, 0.15) is 42.6 Å². The quantitative estimate of drug-likeness (QED) is 0.582. The zero-order valence-corrected chi connectivity index (χ0v) is 18.4. The summed E-state index contributed by atoms with van der Waals surface area (Å²) in [5.74, 6) is 0.504. The molecule has 7 nitrogen and oxygen atoms in total. The number of benzene rings is 2. The molecular weight excluding hydrogens is 408 g/mol. The molecule has 166 valence electrons. The third kappa shape index (κ3) is 4.23. The molecule has 0 fully saturated rings. The Morgan fingerprint density at radius 2 is 1.97 bits per heavy atom. The summed E-state index contributed by atoms with van der Waals surface area (Å²) in [7, 11) is 1.49. The summed E-state index contributed by atoms with van der Waals surface area (Å²) >= 11 is 0. The van der Waals surface area contributed by atoms with Crippen LogP contribution in [0.4, 0.5) is 11.4 Å². The molecule has 1 N–H and O–H groups in total. The largest absolute Gasteiger partial charge is 0.493 e. The van der Waals surface area contributed by atoms with Crippen molar-refractivity contribution in [2.24, 2.45) is 5.92 Å². The van der Waals surface area contributed by atoms with Crippen molar-refractivity contribution in [1.82, 2.24) is 0 Å². The lowest BCUT2D eigenvalue weighted by atomic mass is 9.99. The van der Waals surface area contributed by atoms with Crippen molar-refractivity contribution in [3.05, 3.63) is 64.0 Å². The number of methoxy groups -OCH3 is 1. The minimum Gasteiger partial charge on any atom is -0.493 e. The molecule has 3 aromatic rings. The van der Waals surface area contributed by atoms with Gasteiger partial charge < -0.3 is 19.4 Å². The molecule has 4 rings (SSSR count). The molecule has 0 radical (unpaired) electrons. The molecule has 2 aromatic carbocycles. The van der Waals surface area contributed by atoms with Gasteiger partial charge in [-0.25, -0.2) is 4.79 Å². The van der Waals surface area contributed by atoms with Gasteiger partial charge in [-0.2, -0.15) is 0 Å². The topological polar surface area (TPSA) is 88.9 Å². The number of hydrogen-bond donors (Lipinski definition) is 1. The molecule has 1 aliphatic rings. The smallest absolute Gasteiger partial charge is 0.349 e. The predicted octanol–water partition coefficient (Wildman–Crippen LogP) is 4.38. The number of ether oxygens (including phenoxy) is 1. The maximum absolute atomic E-state index is 12.8. The van der Waals surface area contributed by atoms with Crippen LogP contribution in [0.25, 0.3) is 11.0 Å². The number of anilines is 2. The first kappa shape index (κ1) is 21.6. The Kier molecular flexibility index (Phi) is 5.99. The van der Waals surface area contributed by atoms with E-state index in [2.05, 4.69) is 19.2 Å². The van der Waals surface area contributed by atoms with Crippen molar-refractivity contribution in [2.75, 3.05) is 23.9 Å². The van der Waals surface area contributed by atoms with Gasteiger partial charge in [0.1, 0.15) is 5.56 Å². The van der Waals surface area contributed by atoms with E-state index in [0.717, 1.165) is 17.7 Å². The molecule has 1 aliphatic heterocycles. The third-order valence-corrected chi connectivity index (χ3v) is 5.66. The Morgan fingerprint density at radius 1 is 1.16 bits per heavy atom. The number of aryl methyl sites for hydroxylation is 1. The van der Waals surface area contributed by atoms with Gasteiger partial charge in [0.05, 0.1) is 7.11 Å². The van der Waals surface area contributed by atoms with Gasteiger partial charge in [-0.3, -0.25) is 9.59 Å². The van der Waals surface area contributed by atoms with Gasteiger partial charge in [0.15, 0.2) is 11.3 Å². The van der Waals surface area contributed by atoms with E-state index in [1.54, 1.807) is 24.3 Å². The van der Waals surface area contributed by atoms with Crippen molar-refractivity contribution >= 4 is 34.2 Å². The van der Waals surface area contributed by atoms with Crippen LogP contribution in [-0.2, 0) is 11.2 Å². The van der Waals surface area contributed by atoms with Crippen LogP contribution in [-0.4, -0.2) is 25.5 Å². The van der Waals surface area contributed by atoms with Crippen molar-refractivity contribution < 1.29 is 18.7 Å². The number of para-hydroxylation sites is 1. The molecule has 7 heteroatoms. The summed E-state index contributed by atoms with van der Waals surface area (Å²) in [5.41, 5.74) is 1.94. The second-order valence-electron chi connectivity index (χ2n) is 8.35. The third-order valence-electron chi connectivity index (χ3n) is 5.66. The zero-order chi connectivity index (χ0) is 22.8. The van der Waals surface area contributed by atoms with Crippen LogP contribution < -0.4 is 20.6 Å². The first-order valence-electron chi connectivity index (χ1n) is 10.7. The molecule has 0 saturated heterocycles. The highest BCUT2D eigenvalue weighted by atomic mass is 16.5. The van der Waals surface area contributed by atoms with Gasteiger partial charge in [0, 0.05) is 29.7 Å². The van der Waals surface area contributed by atoms with E-state index in [9.17, 15) is 14.4 Å². The Labute approximate surface area is 186 Å². The van der Waals surface area contributed by atoms with Crippen molar-refractivity contribution in [2.45, 2.75) is 33.1 Å². The number of nitrogens with one attached hydrogen (secondary N) is 1. The van der Waals surface area contributed by atoms with Gasteiger partial charge in [-0.05, 0) is 54.7 Å². The predicted molar refractivity (Wildman–Crippen MR) is 124 cm³/mol. The van der Waals surface area contributed by atoms with Gasteiger partial charge in [0.25, 0.3) is 5.91 Å². The summed E-state index contributed by atoms with van der Waals surface area (Å²) in [6.07, 6.45) is 1.98. The van der Waals surface area contributed by atoms with Crippen LogP contribution >= 0.6 is 0 Å². The average Bonchev–Trinajstić information content (AvgIpc) is 2.77. The van der Waals surface area contributed by atoms with E-state index in [1.807, 2.05) is 17.0 Å². The zero-order valence-electron chi connectivity index (χ0n) is 18.4. The molecule has 0 aliphatic carbocycles. The minimum atomic E-state index is -0.733. The number of amides is 2. The van der Waals surface area contributed by atoms with E-state index < -0.39 is 11.5 Å². The Balaban J connectivity index is 1.59. The molecule has 1 aromatic heterocycles. The number of fused-ring (bicyclic) bond motifs is 2. The molecule has 0 saturated carbocycles. The highest BCUT2D eigenvalue weighted by Crippen LogP contribution is 2.31. The second-order valence-corrected chi connectivity index (χ2v) is 8.35. The van der Waals surface area contributed by atoms with E-state index in [-0.39, 0.29) is 11.5 Å². The van der Waals surface area contributed by atoms with E-state index in [1.165, 1.54) is 13.2 Å². The van der Waals surface area contributed by atoms with Crippen molar-refractivity contribution in [3.63, 3.8) is 0 Å². The van der Waals surface area contributed by atoms with Crippen molar-refractivity contribution in [1.29, 1.82) is 0 Å². The molecule has 32 heavy (non-hydrogen) atoms. The number of carbonyl (C=O) groups excluding carboxylic acids is 2. The van der Waals surface area contributed by atoms with Crippen LogP contribution in [0.3, 0.4) is 0 Å². The summed E-state index contributed by atoms with van der Waals surface area (Å²) < 4.78 is 10.6. The fraction of sp³-hybridized carbons (Fsp3) is 0.320. The summed E-state index contributed by atoms with van der Waals surface area (Å²) in [6, 6.07) is 12.2. The average molecular weight is 434 g/mol. The highest BCUT2D eigenvalue weighted by Gasteiger charge is 2.24. The minimum absolute atomic E-state index is 0.0859.